The van der Waals surface area contributed by atoms with Crippen molar-refractivity contribution in [1.82, 2.24) is 19.9 Å². The zero-order valence-corrected chi connectivity index (χ0v) is 16.4. The van der Waals surface area contributed by atoms with Crippen LogP contribution in [0.4, 0.5) is 11.6 Å². The fraction of sp³-hybridized carbons (Fsp3) is 0.550. The highest BCUT2D eigenvalue weighted by Crippen LogP contribution is 2.20. The van der Waals surface area contributed by atoms with E-state index in [9.17, 15) is 0 Å². The van der Waals surface area contributed by atoms with E-state index < -0.39 is 0 Å². The van der Waals surface area contributed by atoms with Crippen LogP contribution in [-0.2, 0) is 9.47 Å². The lowest BCUT2D eigenvalue weighted by molar-refractivity contribution is 0.0398. The van der Waals surface area contributed by atoms with E-state index >= 15 is 0 Å². The minimum absolute atomic E-state index is 0.704. The molecular weight excluding hydrogens is 356 g/mol. The maximum absolute atomic E-state index is 5.41. The molecule has 2 aliphatic heterocycles. The van der Waals surface area contributed by atoms with E-state index in [0.29, 0.717) is 5.82 Å². The Balaban J connectivity index is 1.39. The number of hydrogen-bond acceptors (Lipinski definition) is 8. The first-order valence-electron chi connectivity index (χ1n) is 9.97. The van der Waals surface area contributed by atoms with Crippen molar-refractivity contribution in [2.24, 2.45) is 0 Å². The number of ether oxygens (including phenoxy) is 2. The Morgan fingerprint density at radius 3 is 2.46 bits per heavy atom. The number of rotatable bonds is 6. The first kappa shape index (κ1) is 19.0. The van der Waals surface area contributed by atoms with Gasteiger partial charge in [0.2, 0.25) is 0 Å². The normalized spacial score (nSPS) is 18.2. The molecule has 2 fully saturated rings. The Kier molecular flexibility index (Phi) is 6.31. The predicted octanol–water partition coefficient (Wildman–Crippen LogP) is 1.43. The highest BCUT2D eigenvalue weighted by molar-refractivity contribution is 5.58. The molecule has 150 valence electrons. The van der Waals surface area contributed by atoms with Gasteiger partial charge in [-0.15, -0.1) is 0 Å². The summed E-state index contributed by atoms with van der Waals surface area (Å²) in [4.78, 5) is 18.5. The van der Waals surface area contributed by atoms with Gasteiger partial charge in [0.25, 0.3) is 0 Å². The fourth-order valence-corrected chi connectivity index (χ4v) is 3.45. The average molecular weight is 384 g/mol. The van der Waals surface area contributed by atoms with Crippen LogP contribution < -0.4 is 10.2 Å². The number of nitrogens with zero attached hydrogens (tertiary/aromatic N) is 5. The Morgan fingerprint density at radius 1 is 1.00 bits per heavy atom. The maximum atomic E-state index is 5.41. The fourth-order valence-electron chi connectivity index (χ4n) is 3.45. The van der Waals surface area contributed by atoms with Gasteiger partial charge in [0, 0.05) is 62.8 Å². The Labute approximate surface area is 165 Å². The summed E-state index contributed by atoms with van der Waals surface area (Å²) in [5.74, 6) is 2.53. The van der Waals surface area contributed by atoms with Gasteiger partial charge < -0.3 is 19.7 Å². The minimum Gasteiger partial charge on any atom is -0.379 e. The summed E-state index contributed by atoms with van der Waals surface area (Å²) in [6.07, 6.45) is 1.86. The van der Waals surface area contributed by atoms with Crippen LogP contribution in [0.15, 0.2) is 24.4 Å². The molecule has 0 radical (unpaired) electrons. The van der Waals surface area contributed by atoms with Crippen molar-refractivity contribution in [1.29, 1.82) is 0 Å². The Bertz CT molecular complexity index is 758. The average Bonchev–Trinajstić information content (AvgIpc) is 2.75. The lowest BCUT2D eigenvalue weighted by atomic mass is 10.2. The zero-order valence-electron chi connectivity index (χ0n) is 16.4. The molecule has 0 amide bonds. The third-order valence-corrected chi connectivity index (χ3v) is 5.03. The van der Waals surface area contributed by atoms with E-state index in [0.717, 1.165) is 88.6 Å². The van der Waals surface area contributed by atoms with Crippen molar-refractivity contribution in [3.63, 3.8) is 0 Å². The van der Waals surface area contributed by atoms with Gasteiger partial charge in [0.05, 0.1) is 26.4 Å². The highest BCUT2D eigenvalue weighted by atomic mass is 16.5. The largest absolute Gasteiger partial charge is 0.379 e. The predicted molar refractivity (Wildman–Crippen MR) is 109 cm³/mol. The molecule has 0 unspecified atom stereocenters. The maximum Gasteiger partial charge on any atom is 0.163 e. The second kappa shape index (κ2) is 9.27. The van der Waals surface area contributed by atoms with E-state index in [-0.39, 0.29) is 0 Å². The van der Waals surface area contributed by atoms with Gasteiger partial charge >= 0.3 is 0 Å². The van der Waals surface area contributed by atoms with Gasteiger partial charge in [0.1, 0.15) is 11.6 Å². The van der Waals surface area contributed by atoms with Crippen LogP contribution in [0.25, 0.3) is 11.4 Å². The molecule has 0 atom stereocenters. The first-order valence-corrected chi connectivity index (χ1v) is 9.97. The number of morpholine rings is 2. The molecule has 0 saturated carbocycles. The van der Waals surface area contributed by atoms with E-state index in [1.165, 1.54) is 0 Å². The topological polar surface area (TPSA) is 75.6 Å². The standard InChI is InChI=1S/C20H28N6O2/c1-16-14-18(21-4-5-25-6-10-27-11-7-25)24-20(23-16)17-2-3-19(22-15-17)26-8-12-28-13-9-26/h2-3,14-15H,4-13H2,1H3,(H,21,23,24). The van der Waals surface area contributed by atoms with Crippen LogP contribution in [0.5, 0.6) is 0 Å². The summed E-state index contributed by atoms with van der Waals surface area (Å²) in [7, 11) is 0. The third-order valence-electron chi connectivity index (χ3n) is 5.03. The van der Waals surface area contributed by atoms with E-state index in [2.05, 4.69) is 30.1 Å². The van der Waals surface area contributed by atoms with Gasteiger partial charge in [-0.2, -0.15) is 0 Å². The molecule has 2 aromatic heterocycles. The molecule has 8 nitrogen and oxygen atoms in total. The summed E-state index contributed by atoms with van der Waals surface area (Å²) in [5, 5.41) is 3.43. The molecule has 2 aromatic rings. The molecule has 0 bridgehead atoms. The summed E-state index contributed by atoms with van der Waals surface area (Å²) < 4.78 is 10.8. The number of aromatic nitrogens is 3. The third kappa shape index (κ3) is 4.95. The van der Waals surface area contributed by atoms with Crippen molar-refractivity contribution >= 4 is 11.6 Å². The van der Waals surface area contributed by atoms with Gasteiger partial charge in [-0.25, -0.2) is 15.0 Å². The van der Waals surface area contributed by atoms with Crippen LogP contribution in [0, 0.1) is 6.92 Å². The van der Waals surface area contributed by atoms with Crippen LogP contribution in [0.3, 0.4) is 0 Å². The van der Waals surface area contributed by atoms with Crippen LogP contribution in [0.2, 0.25) is 0 Å². The van der Waals surface area contributed by atoms with Gasteiger partial charge in [0.15, 0.2) is 5.82 Å². The molecule has 2 aliphatic rings. The zero-order chi connectivity index (χ0) is 19.2. The van der Waals surface area contributed by atoms with E-state index in [1.807, 2.05) is 31.3 Å². The first-order chi connectivity index (χ1) is 13.8. The molecule has 4 heterocycles. The number of aryl methyl sites for hydroxylation is 1. The summed E-state index contributed by atoms with van der Waals surface area (Å²) in [5.41, 5.74) is 1.87. The van der Waals surface area contributed by atoms with Crippen molar-refractivity contribution in [3.8, 4) is 11.4 Å². The monoisotopic (exact) mass is 384 g/mol. The molecule has 28 heavy (non-hydrogen) atoms. The second-order valence-electron chi connectivity index (χ2n) is 7.10. The van der Waals surface area contributed by atoms with Gasteiger partial charge in [-0.3, -0.25) is 4.90 Å². The second-order valence-corrected chi connectivity index (χ2v) is 7.10. The smallest absolute Gasteiger partial charge is 0.163 e. The highest BCUT2D eigenvalue weighted by Gasteiger charge is 2.13. The van der Waals surface area contributed by atoms with E-state index in [4.69, 9.17) is 9.47 Å². The lowest BCUT2D eigenvalue weighted by Crippen LogP contribution is -2.39. The Morgan fingerprint density at radius 2 is 1.75 bits per heavy atom. The summed E-state index contributed by atoms with van der Waals surface area (Å²) in [6.45, 7) is 10.7. The molecular formula is C20H28N6O2. The Hall–Kier alpha value is -2.29. The molecule has 4 rings (SSSR count). The van der Waals surface area contributed by atoms with Crippen molar-refractivity contribution in [2.45, 2.75) is 6.92 Å². The minimum atomic E-state index is 0.704. The number of anilines is 2. The molecule has 0 aliphatic carbocycles. The van der Waals surface area contributed by atoms with Crippen LogP contribution in [0.1, 0.15) is 5.69 Å². The van der Waals surface area contributed by atoms with Crippen molar-refractivity contribution in [2.75, 3.05) is 75.9 Å². The lowest BCUT2D eigenvalue weighted by Gasteiger charge is -2.27. The SMILES string of the molecule is Cc1cc(NCCN2CCOCC2)nc(-c2ccc(N3CCOCC3)nc2)n1. The number of pyridine rings is 1. The van der Waals surface area contributed by atoms with Crippen molar-refractivity contribution in [3.05, 3.63) is 30.1 Å². The van der Waals surface area contributed by atoms with Crippen molar-refractivity contribution < 1.29 is 9.47 Å². The molecule has 0 aromatic carbocycles. The summed E-state index contributed by atoms with van der Waals surface area (Å²) in [6, 6.07) is 6.07. The molecule has 2 saturated heterocycles. The van der Waals surface area contributed by atoms with E-state index in [1.54, 1.807) is 0 Å². The van der Waals surface area contributed by atoms with Crippen LogP contribution >= 0.6 is 0 Å². The number of hydrogen-bond donors (Lipinski definition) is 1. The number of nitrogens with one attached hydrogen (secondary N) is 1. The van der Waals surface area contributed by atoms with Crippen LogP contribution in [-0.4, -0.2) is 85.5 Å². The van der Waals surface area contributed by atoms with Gasteiger partial charge in [-0.1, -0.05) is 0 Å². The molecule has 1 N–H and O–H groups in total. The molecule has 8 heteroatoms. The molecule has 0 spiro atoms. The quantitative estimate of drug-likeness (QED) is 0.802. The summed E-state index contributed by atoms with van der Waals surface area (Å²) >= 11 is 0. The van der Waals surface area contributed by atoms with Gasteiger partial charge in [-0.05, 0) is 19.1 Å².